The molecule has 1 N–H and O–H groups in total. The van der Waals surface area contributed by atoms with Gasteiger partial charge in [-0.3, -0.25) is 9.59 Å². The number of amides is 1. The number of aromatic nitrogens is 2. The number of carbonyl (C=O) groups excluding carboxylic acids is 2. The number of carbonyl (C=O) groups is 2. The zero-order valence-electron chi connectivity index (χ0n) is 5.87. The van der Waals surface area contributed by atoms with E-state index in [-0.39, 0.29) is 23.4 Å². The van der Waals surface area contributed by atoms with E-state index < -0.39 is 0 Å². The van der Waals surface area contributed by atoms with Crippen LogP contribution < -0.4 is 5.32 Å². The summed E-state index contributed by atoms with van der Waals surface area (Å²) in [6, 6.07) is 1.43. The van der Waals surface area contributed by atoms with Crippen LogP contribution >= 0.6 is 11.6 Å². The number of nitrogens with one attached hydrogen (secondary N) is 1. The number of nitrogens with zero attached hydrogens (tertiary/aromatic N) is 2. The van der Waals surface area contributed by atoms with Crippen molar-refractivity contribution in [2.45, 2.75) is 6.42 Å². The van der Waals surface area contributed by atoms with Crippen molar-refractivity contribution in [3.05, 3.63) is 11.2 Å². The molecule has 2 heterocycles. The van der Waals surface area contributed by atoms with Crippen molar-refractivity contribution in [3.8, 4) is 0 Å². The van der Waals surface area contributed by atoms with Crippen LogP contribution in [0.5, 0.6) is 0 Å². The van der Waals surface area contributed by atoms with Crippen molar-refractivity contribution >= 4 is 29.2 Å². The molecule has 0 aliphatic carbocycles. The maximum Gasteiger partial charge on any atom is 0.258 e. The topological polar surface area (TPSA) is 64.0 Å². The molecule has 1 aromatic heterocycles. The first-order valence-corrected chi connectivity index (χ1v) is 3.63. The highest BCUT2D eigenvalue weighted by molar-refractivity contribution is 6.30. The second kappa shape index (κ2) is 2.31. The predicted molar refractivity (Wildman–Crippen MR) is 41.1 cm³/mol. The fourth-order valence-corrected chi connectivity index (χ4v) is 1.21. The molecule has 0 radical (unpaired) electrons. The standard InChI is InChI=1S/C6H4ClN3O2/c7-3-1-4-8-5(11)2-6(12)10(4)9-3/h1H,2H2,(H,8,11). The predicted octanol–water partition coefficient (Wildman–Crippen LogP) is 0.519. The Morgan fingerprint density at radius 1 is 1.58 bits per heavy atom. The van der Waals surface area contributed by atoms with Crippen molar-refractivity contribution in [1.29, 1.82) is 0 Å². The molecule has 62 valence electrons. The fraction of sp³-hybridized carbons (Fsp3) is 0.167. The molecule has 0 bridgehead atoms. The van der Waals surface area contributed by atoms with Crippen molar-refractivity contribution in [3.63, 3.8) is 0 Å². The highest BCUT2D eigenvalue weighted by Gasteiger charge is 2.23. The Hall–Kier alpha value is -1.36. The molecule has 0 atom stereocenters. The number of fused-ring (bicyclic) bond motifs is 1. The SMILES string of the molecule is O=C1CC(=O)n2nc(Cl)cc2N1. The minimum absolute atomic E-state index is 0.176. The molecule has 6 heteroatoms. The van der Waals surface area contributed by atoms with Crippen molar-refractivity contribution in [2.75, 3.05) is 5.32 Å². The van der Waals surface area contributed by atoms with Gasteiger partial charge in [-0.2, -0.15) is 9.78 Å². The molecule has 0 spiro atoms. The van der Waals surface area contributed by atoms with E-state index in [9.17, 15) is 9.59 Å². The van der Waals surface area contributed by atoms with Crippen LogP contribution in [0.3, 0.4) is 0 Å². The summed E-state index contributed by atoms with van der Waals surface area (Å²) in [5, 5.41) is 6.35. The van der Waals surface area contributed by atoms with Gasteiger partial charge in [-0.05, 0) is 0 Å². The maximum atomic E-state index is 11.1. The van der Waals surface area contributed by atoms with Gasteiger partial charge in [0, 0.05) is 6.07 Å². The Bertz CT molecular complexity index is 371. The zero-order chi connectivity index (χ0) is 8.72. The van der Waals surface area contributed by atoms with E-state index in [1.807, 2.05) is 0 Å². The molecule has 0 aromatic carbocycles. The monoisotopic (exact) mass is 185 g/mol. The number of halogens is 1. The van der Waals surface area contributed by atoms with Gasteiger partial charge in [-0.15, -0.1) is 0 Å². The third-order valence-corrected chi connectivity index (χ3v) is 1.68. The quantitative estimate of drug-likeness (QED) is 0.600. The van der Waals surface area contributed by atoms with Gasteiger partial charge in [-0.25, -0.2) is 0 Å². The van der Waals surface area contributed by atoms with Crippen LogP contribution in [0, 0.1) is 0 Å². The second-order valence-electron chi connectivity index (χ2n) is 2.38. The summed E-state index contributed by atoms with van der Waals surface area (Å²) >= 11 is 5.53. The van der Waals surface area contributed by atoms with E-state index in [2.05, 4.69) is 10.4 Å². The summed E-state index contributed by atoms with van der Waals surface area (Å²) in [6.45, 7) is 0. The van der Waals surface area contributed by atoms with Gasteiger partial charge < -0.3 is 5.32 Å². The molecule has 12 heavy (non-hydrogen) atoms. The lowest BCUT2D eigenvalue weighted by atomic mass is 10.3. The minimum atomic E-state index is -0.361. The van der Waals surface area contributed by atoms with Crippen molar-refractivity contribution in [2.24, 2.45) is 0 Å². The lowest BCUT2D eigenvalue weighted by Gasteiger charge is -2.11. The summed E-state index contributed by atoms with van der Waals surface area (Å²) in [7, 11) is 0. The van der Waals surface area contributed by atoms with Gasteiger partial charge in [0.2, 0.25) is 5.91 Å². The van der Waals surface area contributed by atoms with Gasteiger partial charge in [0.25, 0.3) is 5.91 Å². The zero-order valence-corrected chi connectivity index (χ0v) is 6.63. The maximum absolute atomic E-state index is 11.1. The fourth-order valence-electron chi connectivity index (χ4n) is 1.03. The third kappa shape index (κ3) is 0.984. The molecular weight excluding hydrogens is 182 g/mol. The summed E-state index contributed by atoms with van der Waals surface area (Å²) in [5.74, 6) is -0.356. The van der Waals surface area contributed by atoms with Crippen LogP contribution in [0.25, 0.3) is 0 Å². The van der Waals surface area contributed by atoms with Gasteiger partial charge in [0.05, 0.1) is 0 Å². The third-order valence-electron chi connectivity index (χ3n) is 1.50. The molecule has 5 nitrogen and oxygen atoms in total. The highest BCUT2D eigenvalue weighted by atomic mass is 35.5. The molecule has 1 aromatic rings. The first-order valence-electron chi connectivity index (χ1n) is 3.25. The summed E-state index contributed by atoms with van der Waals surface area (Å²) < 4.78 is 1.09. The smallest absolute Gasteiger partial charge is 0.258 e. The van der Waals surface area contributed by atoms with Crippen molar-refractivity contribution < 1.29 is 9.59 Å². The molecule has 0 saturated carbocycles. The van der Waals surface area contributed by atoms with Gasteiger partial charge >= 0.3 is 0 Å². The van der Waals surface area contributed by atoms with Gasteiger partial charge in [0.15, 0.2) is 5.15 Å². The Morgan fingerprint density at radius 2 is 2.33 bits per heavy atom. The molecule has 0 fully saturated rings. The average Bonchev–Trinajstić information content (AvgIpc) is 2.29. The Kier molecular flexibility index (Phi) is 1.41. The van der Waals surface area contributed by atoms with Crippen LogP contribution in [0.15, 0.2) is 6.07 Å². The molecule has 1 aliphatic heterocycles. The summed E-state index contributed by atoms with van der Waals surface area (Å²) in [5.41, 5.74) is 0. The first kappa shape index (κ1) is 7.30. The lowest BCUT2D eigenvalue weighted by Crippen LogP contribution is -2.29. The van der Waals surface area contributed by atoms with Crippen LogP contribution in [0.4, 0.5) is 5.82 Å². The van der Waals surface area contributed by atoms with E-state index in [1.165, 1.54) is 6.07 Å². The molecule has 0 saturated heterocycles. The van der Waals surface area contributed by atoms with E-state index in [0.717, 1.165) is 4.68 Å². The van der Waals surface area contributed by atoms with E-state index in [1.54, 1.807) is 0 Å². The molecular formula is C6H4ClN3O2. The Morgan fingerprint density at radius 3 is 3.08 bits per heavy atom. The lowest BCUT2D eigenvalue weighted by molar-refractivity contribution is -0.115. The Balaban J connectivity index is 2.53. The molecule has 1 amide bonds. The Labute approximate surface area is 72.3 Å². The second-order valence-corrected chi connectivity index (χ2v) is 2.77. The number of hydrogen-bond acceptors (Lipinski definition) is 3. The van der Waals surface area contributed by atoms with Gasteiger partial charge in [0.1, 0.15) is 12.2 Å². The first-order chi connectivity index (χ1) is 5.66. The number of hydrogen-bond donors (Lipinski definition) is 1. The summed E-state index contributed by atoms with van der Waals surface area (Å²) in [6.07, 6.45) is -0.176. The number of anilines is 1. The van der Waals surface area contributed by atoms with Crippen LogP contribution in [0.1, 0.15) is 11.2 Å². The molecule has 0 unspecified atom stereocenters. The highest BCUT2D eigenvalue weighted by Crippen LogP contribution is 2.18. The van der Waals surface area contributed by atoms with Crippen LogP contribution in [0.2, 0.25) is 5.15 Å². The minimum Gasteiger partial charge on any atom is -0.310 e. The number of rotatable bonds is 0. The van der Waals surface area contributed by atoms with Gasteiger partial charge in [-0.1, -0.05) is 11.6 Å². The largest absolute Gasteiger partial charge is 0.310 e. The molecule has 2 rings (SSSR count). The van der Waals surface area contributed by atoms with Crippen LogP contribution in [-0.4, -0.2) is 21.6 Å². The van der Waals surface area contributed by atoms with E-state index >= 15 is 0 Å². The summed E-state index contributed by atoms with van der Waals surface area (Å²) in [4.78, 5) is 21.9. The van der Waals surface area contributed by atoms with Crippen molar-refractivity contribution in [1.82, 2.24) is 9.78 Å². The molecule has 1 aliphatic rings. The average molecular weight is 186 g/mol. The van der Waals surface area contributed by atoms with E-state index in [4.69, 9.17) is 11.6 Å². The van der Waals surface area contributed by atoms with Crippen LogP contribution in [-0.2, 0) is 4.79 Å². The normalized spacial score (nSPS) is 15.8. The van der Waals surface area contributed by atoms with E-state index in [0.29, 0.717) is 5.82 Å².